The molecule has 1 aromatic rings. The van der Waals surface area contributed by atoms with Gasteiger partial charge in [0.1, 0.15) is 0 Å². The van der Waals surface area contributed by atoms with E-state index in [4.69, 9.17) is 29.6 Å². The fourth-order valence-electron chi connectivity index (χ4n) is 2.05. The molecule has 0 atom stereocenters. The van der Waals surface area contributed by atoms with Crippen molar-refractivity contribution in [3.63, 3.8) is 0 Å². The summed E-state index contributed by atoms with van der Waals surface area (Å²) in [5, 5.41) is 0.659. The normalized spacial score (nSPS) is 14.2. The molecule has 1 amide bonds. The molecule has 2 N–H and O–H groups in total. The van der Waals surface area contributed by atoms with Crippen molar-refractivity contribution in [3.8, 4) is 0 Å². The van der Waals surface area contributed by atoms with Crippen LogP contribution in [0.2, 0.25) is 5.02 Å². The Hall–Kier alpha value is -1.13. The van der Waals surface area contributed by atoms with Crippen molar-refractivity contribution in [1.29, 1.82) is 0 Å². The number of thiocarbonyl (C=S) groups is 1. The van der Waals surface area contributed by atoms with Crippen molar-refractivity contribution in [1.82, 2.24) is 4.90 Å². The van der Waals surface area contributed by atoms with Gasteiger partial charge in [-0.25, -0.2) is 0 Å². The average molecular weight is 297 g/mol. The Balaban J connectivity index is 1.97. The van der Waals surface area contributed by atoms with E-state index in [9.17, 15) is 4.79 Å². The Morgan fingerprint density at radius 2 is 2.21 bits per heavy atom. The van der Waals surface area contributed by atoms with E-state index >= 15 is 0 Å². The zero-order valence-corrected chi connectivity index (χ0v) is 12.2. The van der Waals surface area contributed by atoms with Crippen LogP contribution in [0.15, 0.2) is 24.3 Å². The number of benzene rings is 1. The smallest absolute Gasteiger partial charge is 0.227 e. The molecule has 102 valence electrons. The van der Waals surface area contributed by atoms with Crippen LogP contribution in [-0.4, -0.2) is 28.4 Å². The van der Waals surface area contributed by atoms with Crippen LogP contribution in [0.3, 0.4) is 0 Å². The van der Waals surface area contributed by atoms with Crippen LogP contribution in [0.1, 0.15) is 24.8 Å². The summed E-state index contributed by atoms with van der Waals surface area (Å²) in [4.78, 5) is 14.7. The fraction of sp³-hybridized carbons (Fsp3) is 0.429. The largest absolute Gasteiger partial charge is 0.393 e. The second-order valence-electron chi connectivity index (χ2n) is 4.84. The molecule has 0 spiro atoms. The zero-order chi connectivity index (χ0) is 13.8. The Kier molecular flexibility index (Phi) is 4.77. The fourth-order valence-corrected chi connectivity index (χ4v) is 2.36. The highest BCUT2D eigenvalue weighted by molar-refractivity contribution is 7.80. The first-order chi connectivity index (χ1) is 9.06. The molecule has 2 rings (SSSR count). The van der Waals surface area contributed by atoms with E-state index in [0.29, 0.717) is 35.4 Å². The van der Waals surface area contributed by atoms with Crippen LogP contribution in [0.4, 0.5) is 0 Å². The molecule has 0 aliphatic heterocycles. The van der Waals surface area contributed by atoms with Gasteiger partial charge in [-0.05, 0) is 30.5 Å². The van der Waals surface area contributed by atoms with Crippen LogP contribution >= 0.6 is 23.8 Å². The second-order valence-corrected chi connectivity index (χ2v) is 5.80. The molecule has 0 aromatic heterocycles. The maximum Gasteiger partial charge on any atom is 0.227 e. The summed E-state index contributed by atoms with van der Waals surface area (Å²) in [6, 6.07) is 7.80. The van der Waals surface area contributed by atoms with Crippen molar-refractivity contribution in [2.24, 2.45) is 5.73 Å². The van der Waals surface area contributed by atoms with Gasteiger partial charge in [0.25, 0.3) is 0 Å². The highest BCUT2D eigenvalue weighted by Crippen LogP contribution is 2.27. The summed E-state index contributed by atoms with van der Waals surface area (Å²) in [5.41, 5.74) is 6.45. The molecule has 5 heteroatoms. The van der Waals surface area contributed by atoms with Crippen LogP contribution in [0.25, 0.3) is 0 Å². The number of amides is 1. The van der Waals surface area contributed by atoms with Gasteiger partial charge in [-0.1, -0.05) is 36.0 Å². The summed E-state index contributed by atoms with van der Waals surface area (Å²) in [6.07, 6.45) is 3.14. The van der Waals surface area contributed by atoms with E-state index in [-0.39, 0.29) is 5.91 Å². The van der Waals surface area contributed by atoms with Gasteiger partial charge in [0, 0.05) is 24.0 Å². The van der Waals surface area contributed by atoms with Crippen molar-refractivity contribution in [3.05, 3.63) is 34.9 Å². The molecule has 1 aliphatic rings. The number of hydrogen-bond acceptors (Lipinski definition) is 2. The minimum atomic E-state index is 0.126. The molecule has 0 saturated heterocycles. The number of halogens is 1. The molecule has 1 fully saturated rings. The monoisotopic (exact) mass is 296 g/mol. The second kappa shape index (κ2) is 6.35. The SMILES string of the molecule is NC(=S)CCN(C(=O)Cc1cccc(Cl)c1)C1CC1. The van der Waals surface area contributed by atoms with Crippen molar-refractivity contribution in [2.75, 3.05) is 6.54 Å². The summed E-state index contributed by atoms with van der Waals surface area (Å²) in [5.74, 6) is 0.126. The Morgan fingerprint density at radius 1 is 1.47 bits per heavy atom. The first kappa shape index (κ1) is 14.3. The Bertz CT molecular complexity index is 488. The zero-order valence-electron chi connectivity index (χ0n) is 10.6. The minimum Gasteiger partial charge on any atom is -0.393 e. The summed E-state index contributed by atoms with van der Waals surface area (Å²) < 4.78 is 0. The first-order valence-electron chi connectivity index (χ1n) is 6.38. The number of rotatable bonds is 6. The topological polar surface area (TPSA) is 46.3 Å². The van der Waals surface area contributed by atoms with E-state index in [2.05, 4.69) is 0 Å². The minimum absolute atomic E-state index is 0.126. The first-order valence-corrected chi connectivity index (χ1v) is 7.17. The highest BCUT2D eigenvalue weighted by atomic mass is 35.5. The number of carbonyl (C=O) groups is 1. The molecular weight excluding hydrogens is 280 g/mol. The van der Waals surface area contributed by atoms with Crippen molar-refractivity contribution < 1.29 is 4.79 Å². The van der Waals surface area contributed by atoms with E-state index in [1.807, 2.05) is 23.1 Å². The van der Waals surface area contributed by atoms with Gasteiger partial charge in [0.2, 0.25) is 5.91 Å². The van der Waals surface area contributed by atoms with Crippen LogP contribution in [0, 0.1) is 0 Å². The third-order valence-corrected chi connectivity index (χ3v) is 3.59. The molecule has 0 bridgehead atoms. The number of nitrogens with two attached hydrogens (primary N) is 1. The Morgan fingerprint density at radius 3 is 2.79 bits per heavy atom. The third kappa shape index (κ3) is 4.48. The van der Waals surface area contributed by atoms with Gasteiger partial charge < -0.3 is 10.6 Å². The number of nitrogens with zero attached hydrogens (tertiary/aromatic N) is 1. The van der Waals surface area contributed by atoms with Gasteiger partial charge >= 0.3 is 0 Å². The van der Waals surface area contributed by atoms with E-state index in [1.165, 1.54) is 0 Å². The van der Waals surface area contributed by atoms with Gasteiger partial charge in [0.15, 0.2) is 0 Å². The molecule has 0 heterocycles. The summed E-state index contributed by atoms with van der Waals surface area (Å²) in [7, 11) is 0. The van der Waals surface area contributed by atoms with Gasteiger partial charge in [-0.2, -0.15) is 0 Å². The summed E-state index contributed by atoms with van der Waals surface area (Å²) in [6.45, 7) is 0.624. The number of hydrogen-bond donors (Lipinski definition) is 1. The summed E-state index contributed by atoms with van der Waals surface area (Å²) >= 11 is 10.8. The van der Waals surface area contributed by atoms with Crippen LogP contribution < -0.4 is 5.73 Å². The molecular formula is C14H17ClN2OS. The predicted molar refractivity (Wildman–Crippen MR) is 81.3 cm³/mol. The lowest BCUT2D eigenvalue weighted by atomic mass is 10.1. The molecule has 0 radical (unpaired) electrons. The lowest BCUT2D eigenvalue weighted by molar-refractivity contribution is -0.130. The van der Waals surface area contributed by atoms with Gasteiger partial charge in [0.05, 0.1) is 11.4 Å². The lowest BCUT2D eigenvalue weighted by Gasteiger charge is -2.22. The third-order valence-electron chi connectivity index (χ3n) is 3.15. The molecule has 1 aliphatic carbocycles. The van der Waals surface area contributed by atoms with Crippen LogP contribution in [0.5, 0.6) is 0 Å². The maximum absolute atomic E-state index is 12.3. The van der Waals surface area contributed by atoms with Gasteiger partial charge in [-0.15, -0.1) is 0 Å². The van der Waals surface area contributed by atoms with E-state index < -0.39 is 0 Å². The quantitative estimate of drug-likeness (QED) is 0.821. The van der Waals surface area contributed by atoms with Crippen LogP contribution in [-0.2, 0) is 11.2 Å². The molecule has 1 aromatic carbocycles. The van der Waals surface area contributed by atoms with Crippen molar-refractivity contribution >= 4 is 34.7 Å². The van der Waals surface area contributed by atoms with E-state index in [1.54, 1.807) is 6.07 Å². The highest BCUT2D eigenvalue weighted by Gasteiger charge is 2.32. The number of carbonyl (C=O) groups excluding carboxylic acids is 1. The standard InChI is InChI=1S/C14H17ClN2OS/c15-11-3-1-2-10(8-11)9-14(18)17(12-4-5-12)7-6-13(16)19/h1-3,8,12H,4-7,9H2,(H2,16,19). The Labute approximate surface area is 123 Å². The van der Waals surface area contributed by atoms with Crippen molar-refractivity contribution in [2.45, 2.75) is 31.7 Å². The molecule has 19 heavy (non-hydrogen) atoms. The van der Waals surface area contributed by atoms with Gasteiger partial charge in [-0.3, -0.25) is 4.79 Å². The average Bonchev–Trinajstić information content (AvgIpc) is 3.13. The predicted octanol–water partition coefficient (Wildman–Crippen LogP) is 2.55. The molecule has 0 unspecified atom stereocenters. The lowest BCUT2D eigenvalue weighted by Crippen LogP contribution is -2.36. The van der Waals surface area contributed by atoms with E-state index in [0.717, 1.165) is 18.4 Å². The maximum atomic E-state index is 12.3. The molecule has 3 nitrogen and oxygen atoms in total. The molecule has 1 saturated carbocycles.